The molecule has 1 heterocycles. The SMILES string of the molecule is CCN(CC)S(=O)(=O)c1ccc(CCC(=O)N2CCOCC2)cc1. The molecule has 7 heteroatoms. The van der Waals surface area contributed by atoms with Crippen LogP contribution in [0.3, 0.4) is 0 Å². The number of amides is 1. The van der Waals surface area contributed by atoms with E-state index < -0.39 is 10.0 Å². The van der Waals surface area contributed by atoms with Gasteiger partial charge >= 0.3 is 0 Å². The summed E-state index contributed by atoms with van der Waals surface area (Å²) >= 11 is 0. The molecule has 0 aliphatic carbocycles. The van der Waals surface area contributed by atoms with Crippen LogP contribution in [0.4, 0.5) is 0 Å². The van der Waals surface area contributed by atoms with Crippen molar-refractivity contribution in [1.82, 2.24) is 9.21 Å². The number of aryl methyl sites for hydroxylation is 1. The molecule has 6 nitrogen and oxygen atoms in total. The summed E-state index contributed by atoms with van der Waals surface area (Å²) in [6.07, 6.45) is 1.05. The normalized spacial score (nSPS) is 15.7. The van der Waals surface area contributed by atoms with Gasteiger partial charge < -0.3 is 9.64 Å². The van der Waals surface area contributed by atoms with Crippen molar-refractivity contribution >= 4 is 15.9 Å². The van der Waals surface area contributed by atoms with E-state index in [1.54, 1.807) is 24.3 Å². The molecule has 0 unspecified atom stereocenters. The van der Waals surface area contributed by atoms with Gasteiger partial charge in [0, 0.05) is 32.6 Å². The van der Waals surface area contributed by atoms with Crippen molar-refractivity contribution in [2.24, 2.45) is 0 Å². The minimum absolute atomic E-state index is 0.123. The van der Waals surface area contributed by atoms with Gasteiger partial charge in [0.15, 0.2) is 0 Å². The minimum atomic E-state index is -3.42. The van der Waals surface area contributed by atoms with Crippen LogP contribution in [0, 0.1) is 0 Å². The lowest BCUT2D eigenvalue weighted by Crippen LogP contribution is -2.40. The number of morpholine rings is 1. The van der Waals surface area contributed by atoms with Crippen LogP contribution in [0.5, 0.6) is 0 Å². The fourth-order valence-electron chi connectivity index (χ4n) is 2.76. The molecule has 0 atom stereocenters. The van der Waals surface area contributed by atoms with Crippen molar-refractivity contribution in [1.29, 1.82) is 0 Å². The number of sulfonamides is 1. The average molecular weight is 354 g/mol. The first-order valence-electron chi connectivity index (χ1n) is 8.43. The topological polar surface area (TPSA) is 66.9 Å². The van der Waals surface area contributed by atoms with Gasteiger partial charge in [-0.15, -0.1) is 0 Å². The van der Waals surface area contributed by atoms with Crippen LogP contribution in [0.25, 0.3) is 0 Å². The van der Waals surface area contributed by atoms with E-state index in [2.05, 4.69) is 0 Å². The van der Waals surface area contributed by atoms with E-state index in [0.717, 1.165) is 5.56 Å². The van der Waals surface area contributed by atoms with Crippen LogP contribution in [0.15, 0.2) is 29.2 Å². The van der Waals surface area contributed by atoms with Crippen molar-refractivity contribution in [2.45, 2.75) is 31.6 Å². The van der Waals surface area contributed by atoms with Crippen LogP contribution < -0.4 is 0 Å². The quantitative estimate of drug-likeness (QED) is 0.744. The van der Waals surface area contributed by atoms with Crippen molar-refractivity contribution in [2.75, 3.05) is 39.4 Å². The van der Waals surface area contributed by atoms with Crippen molar-refractivity contribution in [3.63, 3.8) is 0 Å². The Morgan fingerprint density at radius 3 is 2.25 bits per heavy atom. The molecule has 24 heavy (non-hydrogen) atoms. The van der Waals surface area contributed by atoms with Gasteiger partial charge in [-0.3, -0.25) is 4.79 Å². The lowest BCUT2D eigenvalue weighted by Gasteiger charge is -2.26. The predicted octanol–water partition coefficient (Wildman–Crippen LogP) is 1.51. The highest BCUT2D eigenvalue weighted by Crippen LogP contribution is 2.17. The zero-order valence-electron chi connectivity index (χ0n) is 14.4. The molecule has 0 aromatic heterocycles. The minimum Gasteiger partial charge on any atom is -0.378 e. The molecule has 1 amide bonds. The summed E-state index contributed by atoms with van der Waals surface area (Å²) in [5.41, 5.74) is 0.968. The molecule has 0 saturated carbocycles. The molecule has 0 spiro atoms. The van der Waals surface area contributed by atoms with Gasteiger partial charge in [-0.2, -0.15) is 4.31 Å². The molecule has 134 valence electrons. The average Bonchev–Trinajstić information content (AvgIpc) is 2.61. The van der Waals surface area contributed by atoms with E-state index in [1.165, 1.54) is 4.31 Å². The molecule has 0 radical (unpaired) electrons. The number of carbonyl (C=O) groups excluding carboxylic acids is 1. The number of rotatable bonds is 7. The Morgan fingerprint density at radius 1 is 1.12 bits per heavy atom. The van der Waals surface area contributed by atoms with Gasteiger partial charge in [-0.05, 0) is 24.1 Å². The van der Waals surface area contributed by atoms with Gasteiger partial charge in [0.1, 0.15) is 0 Å². The fourth-order valence-corrected chi connectivity index (χ4v) is 4.22. The number of carbonyl (C=O) groups is 1. The first-order valence-corrected chi connectivity index (χ1v) is 9.87. The molecular formula is C17H26N2O4S. The number of benzene rings is 1. The Hall–Kier alpha value is -1.44. The second kappa shape index (κ2) is 8.60. The fraction of sp³-hybridized carbons (Fsp3) is 0.588. The van der Waals surface area contributed by atoms with E-state index in [0.29, 0.717) is 57.1 Å². The van der Waals surface area contributed by atoms with Crippen molar-refractivity contribution < 1.29 is 17.9 Å². The molecule has 1 aliphatic heterocycles. The second-order valence-electron chi connectivity index (χ2n) is 5.73. The van der Waals surface area contributed by atoms with E-state index in [1.807, 2.05) is 18.7 Å². The largest absolute Gasteiger partial charge is 0.378 e. The molecule has 1 aliphatic rings. The van der Waals surface area contributed by atoms with Gasteiger partial charge in [0.25, 0.3) is 0 Å². The second-order valence-corrected chi connectivity index (χ2v) is 7.66. The molecule has 0 bridgehead atoms. The molecule has 1 aromatic carbocycles. The summed E-state index contributed by atoms with van der Waals surface area (Å²) in [5.74, 6) is 0.123. The Labute approximate surface area is 144 Å². The van der Waals surface area contributed by atoms with Gasteiger partial charge in [-0.1, -0.05) is 26.0 Å². The predicted molar refractivity (Wildman–Crippen MR) is 92.3 cm³/mol. The maximum absolute atomic E-state index is 12.4. The van der Waals surface area contributed by atoms with E-state index >= 15 is 0 Å². The Morgan fingerprint density at radius 2 is 1.71 bits per heavy atom. The van der Waals surface area contributed by atoms with Gasteiger partial charge in [0.05, 0.1) is 18.1 Å². The summed E-state index contributed by atoms with van der Waals surface area (Å²) in [6, 6.07) is 6.84. The number of hydrogen-bond donors (Lipinski definition) is 0. The lowest BCUT2D eigenvalue weighted by molar-refractivity contribution is -0.135. The van der Waals surface area contributed by atoms with E-state index in [-0.39, 0.29) is 5.91 Å². The van der Waals surface area contributed by atoms with Crippen LogP contribution in [-0.4, -0.2) is 62.9 Å². The molecule has 1 aromatic rings. The number of ether oxygens (including phenoxy) is 1. The summed E-state index contributed by atoms with van der Waals surface area (Å²) < 4.78 is 31.5. The maximum atomic E-state index is 12.4. The highest BCUT2D eigenvalue weighted by molar-refractivity contribution is 7.89. The first kappa shape index (κ1) is 18.9. The molecule has 0 N–H and O–H groups in total. The molecular weight excluding hydrogens is 328 g/mol. The number of nitrogens with zero attached hydrogens (tertiary/aromatic N) is 2. The summed E-state index contributed by atoms with van der Waals surface area (Å²) in [7, 11) is -3.42. The van der Waals surface area contributed by atoms with Crippen molar-refractivity contribution in [3.05, 3.63) is 29.8 Å². The molecule has 1 saturated heterocycles. The van der Waals surface area contributed by atoms with Crippen molar-refractivity contribution in [3.8, 4) is 0 Å². The summed E-state index contributed by atoms with van der Waals surface area (Å²) in [4.78, 5) is 14.3. The maximum Gasteiger partial charge on any atom is 0.243 e. The van der Waals surface area contributed by atoms with E-state index in [4.69, 9.17) is 4.74 Å². The van der Waals surface area contributed by atoms with Crippen LogP contribution in [0.1, 0.15) is 25.8 Å². The van der Waals surface area contributed by atoms with Crippen LogP contribution in [0.2, 0.25) is 0 Å². The third-order valence-corrected chi connectivity index (χ3v) is 6.32. The standard InChI is InChI=1S/C17H26N2O4S/c1-3-19(4-2)24(21,22)16-8-5-15(6-9-16)7-10-17(20)18-11-13-23-14-12-18/h5-6,8-9H,3-4,7,10-14H2,1-2H3. The third kappa shape index (κ3) is 4.55. The van der Waals surface area contributed by atoms with Crippen LogP contribution >= 0.6 is 0 Å². The Kier molecular flexibility index (Phi) is 6.77. The molecule has 2 rings (SSSR count). The van der Waals surface area contributed by atoms with Gasteiger partial charge in [0.2, 0.25) is 15.9 Å². The zero-order valence-corrected chi connectivity index (χ0v) is 15.2. The highest BCUT2D eigenvalue weighted by Gasteiger charge is 2.21. The molecule has 1 fully saturated rings. The first-order chi connectivity index (χ1) is 11.5. The van der Waals surface area contributed by atoms with Crippen LogP contribution in [-0.2, 0) is 26.0 Å². The monoisotopic (exact) mass is 354 g/mol. The van der Waals surface area contributed by atoms with Gasteiger partial charge in [-0.25, -0.2) is 8.42 Å². The number of hydrogen-bond acceptors (Lipinski definition) is 4. The smallest absolute Gasteiger partial charge is 0.243 e. The summed E-state index contributed by atoms with van der Waals surface area (Å²) in [6.45, 7) is 7.07. The lowest BCUT2D eigenvalue weighted by atomic mass is 10.1. The summed E-state index contributed by atoms with van der Waals surface area (Å²) in [5, 5.41) is 0. The Bertz CT molecular complexity index is 633. The zero-order chi connectivity index (χ0) is 17.6. The third-order valence-electron chi connectivity index (χ3n) is 4.26. The Balaban J connectivity index is 1.95. The highest BCUT2D eigenvalue weighted by atomic mass is 32.2. The van der Waals surface area contributed by atoms with E-state index in [9.17, 15) is 13.2 Å².